The molecule has 2 aliphatic rings. The maximum Gasteiger partial charge on any atom is 0.454 e. The molecule has 0 saturated carbocycles. The first-order valence-electron chi connectivity index (χ1n) is 7.06. The molecule has 1 aliphatic heterocycles. The molecule has 9 nitrogen and oxygen atoms in total. The number of carbonyl (C=O) groups excluding carboxylic acids is 3. The van der Waals surface area contributed by atoms with Gasteiger partial charge in [-0.05, 0) is 24.3 Å². The zero-order chi connectivity index (χ0) is 17.4. The van der Waals surface area contributed by atoms with Crippen LogP contribution in [0, 0.1) is 0 Å². The fourth-order valence-electron chi connectivity index (χ4n) is 1.78. The Hall–Kier alpha value is -3.07. The molecule has 0 radical (unpaired) electrons. The third-order valence-corrected chi connectivity index (χ3v) is 2.71. The molecule has 0 aromatic heterocycles. The zero-order valence-corrected chi connectivity index (χ0v) is 12.9. The van der Waals surface area contributed by atoms with Gasteiger partial charge in [-0.3, -0.25) is 9.59 Å². The largest absolute Gasteiger partial charge is 0.454 e. The van der Waals surface area contributed by atoms with Crippen molar-refractivity contribution in [3.63, 3.8) is 0 Å². The Bertz CT molecular complexity index is 675. The number of hydrogen-bond donors (Lipinski definition) is 2. The fraction of sp³-hybridized carbons (Fsp3) is 0.267. The van der Waals surface area contributed by atoms with Crippen LogP contribution in [-0.4, -0.2) is 37.3 Å². The molecule has 9 heteroatoms. The molecule has 3 amide bonds. The van der Waals surface area contributed by atoms with Gasteiger partial charge in [0.25, 0.3) is 0 Å². The molecule has 24 heavy (non-hydrogen) atoms. The van der Waals surface area contributed by atoms with Gasteiger partial charge in [0.15, 0.2) is 0 Å². The highest BCUT2D eigenvalue weighted by Crippen LogP contribution is 2.07. The van der Waals surface area contributed by atoms with Crippen LogP contribution < -0.4 is 10.6 Å². The predicted molar refractivity (Wildman–Crippen MR) is 82.3 cm³/mol. The summed E-state index contributed by atoms with van der Waals surface area (Å²) in [5.41, 5.74) is 1.20. The van der Waals surface area contributed by atoms with E-state index < -0.39 is 12.3 Å². The number of carbonyl (C=O) groups is 3. The lowest BCUT2D eigenvalue weighted by Crippen LogP contribution is -2.28. The Labute approximate surface area is 137 Å². The molecule has 2 rings (SSSR count). The van der Waals surface area contributed by atoms with E-state index in [1.54, 1.807) is 36.5 Å². The topological polar surface area (TPSA) is 118 Å². The fourth-order valence-corrected chi connectivity index (χ4v) is 1.78. The van der Waals surface area contributed by atoms with Crippen LogP contribution in [0.25, 0.3) is 0 Å². The van der Waals surface area contributed by atoms with E-state index in [1.165, 1.54) is 6.92 Å². The van der Waals surface area contributed by atoms with E-state index in [2.05, 4.69) is 25.6 Å². The van der Waals surface area contributed by atoms with Crippen molar-refractivity contribution in [3.8, 4) is 0 Å². The van der Waals surface area contributed by atoms with Crippen LogP contribution in [0.5, 0.6) is 0 Å². The first-order valence-corrected chi connectivity index (χ1v) is 7.06. The van der Waals surface area contributed by atoms with E-state index in [1.807, 2.05) is 0 Å². The van der Waals surface area contributed by atoms with Crippen molar-refractivity contribution in [1.82, 2.24) is 10.6 Å². The van der Waals surface area contributed by atoms with Crippen LogP contribution >= 0.6 is 0 Å². The molecule has 0 fully saturated rings. The van der Waals surface area contributed by atoms with E-state index in [0.717, 1.165) is 0 Å². The number of nitrogens with zero attached hydrogens (tertiary/aromatic N) is 2. The van der Waals surface area contributed by atoms with Crippen LogP contribution in [0.1, 0.15) is 6.92 Å². The molecule has 0 aromatic rings. The van der Waals surface area contributed by atoms with Gasteiger partial charge in [-0.15, -0.1) is 5.11 Å². The van der Waals surface area contributed by atoms with Crippen molar-refractivity contribution >= 4 is 17.9 Å². The van der Waals surface area contributed by atoms with Crippen molar-refractivity contribution in [2.75, 3.05) is 13.2 Å². The average Bonchev–Trinajstić information content (AvgIpc) is 2.89. The minimum atomic E-state index is -0.800. The standard InChI is InChI=1S/C15H16N4O5/c1-10(20)16-11-4-2-6-12(7-3-5-11)17-13(21)8-23-9-14-18-19-15(22)24-14/h2-7,14H,8-9H2,1H3,(H,16,20)(H,17,21)/b4-2?,5-3?,6-2-,7-3?,11-4?,11-5?,12-6?,12-7+. The number of nitrogens with one attached hydrogen (secondary N) is 2. The normalized spacial score (nSPS) is 22.5. The molecule has 0 bridgehead atoms. The Morgan fingerprint density at radius 3 is 2.46 bits per heavy atom. The second-order valence-corrected chi connectivity index (χ2v) is 4.76. The van der Waals surface area contributed by atoms with Gasteiger partial charge in [0, 0.05) is 18.3 Å². The second kappa shape index (κ2) is 8.53. The highest BCUT2D eigenvalue weighted by atomic mass is 16.6. The van der Waals surface area contributed by atoms with E-state index in [9.17, 15) is 14.4 Å². The number of ether oxygens (including phenoxy) is 2. The van der Waals surface area contributed by atoms with Gasteiger partial charge >= 0.3 is 6.09 Å². The molecule has 1 aliphatic carbocycles. The third-order valence-electron chi connectivity index (χ3n) is 2.71. The lowest BCUT2D eigenvalue weighted by molar-refractivity contribution is -0.125. The summed E-state index contributed by atoms with van der Waals surface area (Å²) in [4.78, 5) is 33.5. The van der Waals surface area contributed by atoms with Crippen LogP contribution in [0.2, 0.25) is 0 Å². The van der Waals surface area contributed by atoms with Crippen LogP contribution in [0.15, 0.2) is 58.1 Å². The smallest absolute Gasteiger partial charge is 0.417 e. The van der Waals surface area contributed by atoms with Gasteiger partial charge in [0.05, 0.1) is 0 Å². The summed E-state index contributed by atoms with van der Waals surface area (Å²) >= 11 is 0. The van der Waals surface area contributed by atoms with Crippen molar-refractivity contribution in [1.29, 1.82) is 0 Å². The molecule has 126 valence electrons. The van der Waals surface area contributed by atoms with Crippen LogP contribution in [-0.2, 0) is 19.1 Å². The monoisotopic (exact) mass is 332 g/mol. The van der Waals surface area contributed by atoms with Crippen LogP contribution in [0.4, 0.5) is 4.79 Å². The van der Waals surface area contributed by atoms with Crippen molar-refractivity contribution in [2.24, 2.45) is 10.2 Å². The van der Waals surface area contributed by atoms with Gasteiger partial charge in [-0.25, -0.2) is 4.79 Å². The number of cyclic esters (lactones) is 1. The molecule has 1 atom stereocenters. The number of azo groups is 1. The molecule has 1 heterocycles. The van der Waals surface area contributed by atoms with Gasteiger partial charge < -0.3 is 20.1 Å². The Balaban J connectivity index is 1.75. The Kier molecular flexibility index (Phi) is 6.15. The maximum atomic E-state index is 11.8. The summed E-state index contributed by atoms with van der Waals surface area (Å²) in [6.07, 6.45) is 8.58. The Morgan fingerprint density at radius 1 is 1.21 bits per heavy atom. The number of allylic oxidation sites excluding steroid dienone is 6. The molecule has 1 unspecified atom stereocenters. The minimum Gasteiger partial charge on any atom is -0.417 e. The van der Waals surface area contributed by atoms with E-state index >= 15 is 0 Å². The molecule has 2 N–H and O–H groups in total. The second-order valence-electron chi connectivity index (χ2n) is 4.76. The number of rotatable bonds is 6. The van der Waals surface area contributed by atoms with Gasteiger partial charge in [-0.2, -0.15) is 0 Å². The van der Waals surface area contributed by atoms with E-state index in [-0.39, 0.29) is 25.0 Å². The summed E-state index contributed by atoms with van der Waals surface area (Å²) < 4.78 is 9.78. The lowest BCUT2D eigenvalue weighted by atomic mass is 10.2. The lowest BCUT2D eigenvalue weighted by Gasteiger charge is -2.09. The molecule has 0 saturated heterocycles. The summed E-state index contributed by atoms with van der Waals surface area (Å²) in [6.45, 7) is 1.16. The minimum absolute atomic E-state index is 0.0414. The van der Waals surface area contributed by atoms with E-state index in [4.69, 9.17) is 4.74 Å². The third kappa shape index (κ3) is 5.97. The SMILES string of the molecule is CC(=O)NC1=C/C=C\C(NC(=O)COCC2N=NC(=O)O2)=C/C=C1. The van der Waals surface area contributed by atoms with Crippen molar-refractivity contribution in [3.05, 3.63) is 47.9 Å². The summed E-state index contributed by atoms with van der Waals surface area (Å²) in [7, 11) is 0. The molecule has 0 spiro atoms. The van der Waals surface area contributed by atoms with Crippen LogP contribution in [0.3, 0.4) is 0 Å². The highest BCUT2D eigenvalue weighted by Gasteiger charge is 2.20. The number of hydrogen-bond acceptors (Lipinski definition) is 6. The molecule has 0 aromatic carbocycles. The maximum absolute atomic E-state index is 11.8. The molecular weight excluding hydrogens is 316 g/mol. The predicted octanol–water partition coefficient (Wildman–Crippen LogP) is 1.08. The first kappa shape index (κ1) is 17.3. The summed E-state index contributed by atoms with van der Waals surface area (Å²) in [5.74, 6) is -0.533. The van der Waals surface area contributed by atoms with Gasteiger partial charge in [0.1, 0.15) is 13.2 Å². The van der Waals surface area contributed by atoms with E-state index in [0.29, 0.717) is 11.4 Å². The zero-order valence-electron chi connectivity index (χ0n) is 12.9. The molecular formula is C15H16N4O5. The number of amides is 3. The van der Waals surface area contributed by atoms with Gasteiger partial charge in [-0.1, -0.05) is 17.3 Å². The quantitative estimate of drug-likeness (QED) is 0.754. The summed E-state index contributed by atoms with van der Waals surface area (Å²) in [5, 5.41) is 12.0. The van der Waals surface area contributed by atoms with Crippen molar-refractivity contribution < 1.29 is 23.9 Å². The average molecular weight is 332 g/mol. The Morgan fingerprint density at radius 2 is 1.88 bits per heavy atom. The highest BCUT2D eigenvalue weighted by molar-refractivity contribution is 5.79. The first-order chi connectivity index (χ1) is 11.5. The summed E-state index contributed by atoms with van der Waals surface area (Å²) in [6, 6.07) is 0. The van der Waals surface area contributed by atoms with Crippen molar-refractivity contribution in [2.45, 2.75) is 13.2 Å². The van der Waals surface area contributed by atoms with Gasteiger partial charge in [0.2, 0.25) is 18.0 Å².